The smallest absolute Gasteiger partial charge is 0.136 e. The highest BCUT2D eigenvalue weighted by atomic mass is 19.1. The lowest BCUT2D eigenvalue weighted by Crippen LogP contribution is -2.42. The Balaban J connectivity index is 2.94. The van der Waals surface area contributed by atoms with Crippen LogP contribution in [0.2, 0.25) is 0 Å². The molecule has 0 aromatic carbocycles. The number of hydrogen-bond donors (Lipinski definition) is 0. The largest absolute Gasteiger partial charge is 0.238 e. The summed E-state index contributed by atoms with van der Waals surface area (Å²) in [5, 5.41) is 0. The van der Waals surface area contributed by atoms with Crippen LogP contribution < -0.4 is 0 Å². The third kappa shape index (κ3) is 2.19. The van der Waals surface area contributed by atoms with Crippen molar-refractivity contribution in [2.75, 3.05) is 0 Å². The third-order valence-electron chi connectivity index (χ3n) is 4.58. The van der Waals surface area contributed by atoms with Gasteiger partial charge >= 0.3 is 0 Å². The first-order chi connectivity index (χ1) is 7.05. The van der Waals surface area contributed by atoms with Gasteiger partial charge in [-0.2, -0.15) is 0 Å². The molecule has 0 amide bonds. The number of allylic oxidation sites excluding steroid dienone is 1. The van der Waals surface area contributed by atoms with Crippen molar-refractivity contribution in [3.63, 3.8) is 0 Å². The van der Waals surface area contributed by atoms with Crippen LogP contribution in [0.1, 0.15) is 60.8 Å². The SMILES string of the molecule is C=C(C)C(F)(CC1(C(C)C)CC1)C(C)(C)C. The summed E-state index contributed by atoms with van der Waals surface area (Å²) in [4.78, 5) is 0. The quantitative estimate of drug-likeness (QED) is 0.582. The molecule has 1 saturated carbocycles. The van der Waals surface area contributed by atoms with Crippen molar-refractivity contribution in [1.29, 1.82) is 0 Å². The molecule has 0 aromatic rings. The van der Waals surface area contributed by atoms with Gasteiger partial charge in [-0.1, -0.05) is 41.2 Å². The Morgan fingerprint density at radius 3 is 1.94 bits per heavy atom. The van der Waals surface area contributed by atoms with E-state index in [9.17, 15) is 0 Å². The topological polar surface area (TPSA) is 0 Å². The van der Waals surface area contributed by atoms with Gasteiger partial charge in [0.1, 0.15) is 5.67 Å². The van der Waals surface area contributed by atoms with Crippen LogP contribution in [-0.2, 0) is 0 Å². The fraction of sp³-hybridized carbons (Fsp3) is 0.867. The maximum Gasteiger partial charge on any atom is 0.136 e. The van der Waals surface area contributed by atoms with E-state index in [0.29, 0.717) is 17.9 Å². The molecule has 0 saturated heterocycles. The molecule has 0 N–H and O–H groups in total. The predicted molar refractivity (Wildman–Crippen MR) is 69.2 cm³/mol. The van der Waals surface area contributed by atoms with Crippen LogP contribution in [0.5, 0.6) is 0 Å². The van der Waals surface area contributed by atoms with Gasteiger partial charge in [-0.05, 0) is 48.5 Å². The maximum absolute atomic E-state index is 15.2. The second-order valence-corrected chi connectivity index (χ2v) is 7.03. The highest BCUT2D eigenvalue weighted by Gasteiger charge is 2.55. The molecule has 0 heterocycles. The first-order valence-corrected chi connectivity index (χ1v) is 6.40. The minimum absolute atomic E-state index is 0.237. The van der Waals surface area contributed by atoms with Crippen molar-refractivity contribution in [2.24, 2.45) is 16.7 Å². The fourth-order valence-corrected chi connectivity index (χ4v) is 2.66. The minimum atomic E-state index is -1.23. The van der Waals surface area contributed by atoms with E-state index in [1.165, 1.54) is 12.8 Å². The standard InChI is InChI=1S/C15H27F/c1-11(2)14(8-9-14)10-15(16,12(3)4)13(5,6)7/h11H,3,8-10H2,1-2,4-7H3. The first kappa shape index (κ1) is 13.7. The Bertz CT molecular complexity index is 278. The zero-order valence-electron chi connectivity index (χ0n) is 11.8. The van der Waals surface area contributed by atoms with Gasteiger partial charge < -0.3 is 0 Å². The average Bonchev–Trinajstić information content (AvgIpc) is 2.82. The van der Waals surface area contributed by atoms with Gasteiger partial charge in [0.15, 0.2) is 0 Å². The molecule has 1 aliphatic carbocycles. The molecule has 0 aliphatic heterocycles. The highest BCUT2D eigenvalue weighted by molar-refractivity contribution is 5.19. The normalized spacial score (nSPS) is 23.0. The number of alkyl halides is 1. The molecule has 16 heavy (non-hydrogen) atoms. The van der Waals surface area contributed by atoms with Crippen LogP contribution in [0.25, 0.3) is 0 Å². The molecule has 1 heteroatoms. The summed E-state index contributed by atoms with van der Waals surface area (Å²) in [6.45, 7) is 16.1. The number of rotatable bonds is 4. The van der Waals surface area contributed by atoms with Crippen molar-refractivity contribution in [3.8, 4) is 0 Å². The maximum atomic E-state index is 15.2. The molecule has 1 fully saturated rings. The molecule has 1 atom stereocenters. The predicted octanol–water partition coefficient (Wildman–Crippen LogP) is 5.14. The summed E-state index contributed by atoms with van der Waals surface area (Å²) in [5.74, 6) is 0.573. The minimum Gasteiger partial charge on any atom is -0.238 e. The van der Waals surface area contributed by atoms with Crippen LogP contribution in [0, 0.1) is 16.7 Å². The molecule has 0 nitrogen and oxygen atoms in total. The van der Waals surface area contributed by atoms with Gasteiger partial charge in [0.2, 0.25) is 0 Å². The second-order valence-electron chi connectivity index (χ2n) is 7.03. The van der Waals surface area contributed by atoms with Crippen molar-refractivity contribution in [1.82, 2.24) is 0 Å². The van der Waals surface area contributed by atoms with Gasteiger partial charge in [-0.3, -0.25) is 0 Å². The molecule has 0 bridgehead atoms. The molecule has 1 rings (SSSR count). The summed E-state index contributed by atoms with van der Waals surface area (Å²) in [6.07, 6.45) is 3.01. The molecule has 1 aliphatic rings. The number of halogens is 1. The summed E-state index contributed by atoms with van der Waals surface area (Å²) < 4.78 is 15.2. The molecular formula is C15H27F. The Labute approximate surface area is 100 Å². The van der Waals surface area contributed by atoms with Crippen LogP contribution in [-0.4, -0.2) is 5.67 Å². The third-order valence-corrected chi connectivity index (χ3v) is 4.58. The first-order valence-electron chi connectivity index (χ1n) is 6.40. The highest BCUT2D eigenvalue weighted by Crippen LogP contribution is 2.61. The van der Waals surface area contributed by atoms with Crippen molar-refractivity contribution in [2.45, 2.75) is 66.5 Å². The van der Waals surface area contributed by atoms with E-state index < -0.39 is 5.67 Å². The lowest BCUT2D eigenvalue weighted by atomic mass is 9.67. The molecule has 1 unspecified atom stereocenters. The van der Waals surface area contributed by atoms with E-state index in [2.05, 4.69) is 20.4 Å². The lowest BCUT2D eigenvalue weighted by Gasteiger charge is -2.42. The molecule has 94 valence electrons. The van der Waals surface area contributed by atoms with Gasteiger partial charge in [-0.15, -0.1) is 0 Å². The Morgan fingerprint density at radius 1 is 1.31 bits per heavy atom. The summed E-state index contributed by atoms with van der Waals surface area (Å²) in [6, 6.07) is 0. The fourth-order valence-electron chi connectivity index (χ4n) is 2.66. The van der Waals surface area contributed by atoms with Gasteiger partial charge in [0.05, 0.1) is 0 Å². The molecule has 0 spiro atoms. The Hall–Kier alpha value is -0.330. The summed E-state index contributed by atoms with van der Waals surface area (Å²) in [7, 11) is 0. The van der Waals surface area contributed by atoms with Crippen LogP contribution in [0.15, 0.2) is 12.2 Å². The van der Waals surface area contributed by atoms with E-state index >= 15 is 4.39 Å². The van der Waals surface area contributed by atoms with E-state index in [-0.39, 0.29) is 10.8 Å². The molecule has 0 radical (unpaired) electrons. The zero-order valence-corrected chi connectivity index (χ0v) is 11.8. The summed E-state index contributed by atoms with van der Waals surface area (Å²) >= 11 is 0. The molecule has 0 aromatic heterocycles. The van der Waals surface area contributed by atoms with Crippen molar-refractivity contribution >= 4 is 0 Å². The van der Waals surface area contributed by atoms with Crippen molar-refractivity contribution < 1.29 is 4.39 Å². The van der Waals surface area contributed by atoms with Crippen LogP contribution in [0.3, 0.4) is 0 Å². The monoisotopic (exact) mass is 226 g/mol. The second kappa shape index (κ2) is 3.85. The van der Waals surface area contributed by atoms with E-state index in [1.807, 2.05) is 27.7 Å². The van der Waals surface area contributed by atoms with Gasteiger partial charge in [0.25, 0.3) is 0 Å². The Morgan fingerprint density at radius 2 is 1.75 bits per heavy atom. The van der Waals surface area contributed by atoms with Gasteiger partial charge in [0, 0.05) is 0 Å². The van der Waals surface area contributed by atoms with Crippen LogP contribution in [0.4, 0.5) is 4.39 Å². The van der Waals surface area contributed by atoms with Gasteiger partial charge in [-0.25, -0.2) is 4.39 Å². The van der Waals surface area contributed by atoms with E-state index in [4.69, 9.17) is 0 Å². The zero-order chi connectivity index (χ0) is 12.8. The van der Waals surface area contributed by atoms with E-state index in [1.54, 1.807) is 0 Å². The van der Waals surface area contributed by atoms with Crippen molar-refractivity contribution in [3.05, 3.63) is 12.2 Å². The average molecular weight is 226 g/mol. The number of hydrogen-bond acceptors (Lipinski definition) is 0. The van der Waals surface area contributed by atoms with Crippen LogP contribution >= 0.6 is 0 Å². The summed E-state index contributed by atoms with van der Waals surface area (Å²) in [5.41, 5.74) is -0.662. The van der Waals surface area contributed by atoms with E-state index in [0.717, 1.165) is 0 Å². The molecular weight excluding hydrogens is 199 g/mol. The lowest BCUT2D eigenvalue weighted by molar-refractivity contribution is 0.0267. The Kier molecular flexibility index (Phi) is 3.31.